The van der Waals surface area contributed by atoms with Crippen LogP contribution in [-0.2, 0) is 17.9 Å². The molecule has 0 unspecified atom stereocenters. The number of ether oxygens (including phenoxy) is 1. The van der Waals surface area contributed by atoms with Gasteiger partial charge in [0.25, 0.3) is 0 Å². The first-order valence-corrected chi connectivity index (χ1v) is 9.88. The number of hydrogen-bond donors (Lipinski definition) is 2. The number of aryl methyl sites for hydroxylation is 1. The highest BCUT2D eigenvalue weighted by atomic mass is 16.5. The molecule has 0 saturated carbocycles. The first kappa shape index (κ1) is 20.7. The zero-order valence-electron chi connectivity index (χ0n) is 17.0. The van der Waals surface area contributed by atoms with Crippen LogP contribution in [0.3, 0.4) is 0 Å². The highest BCUT2D eigenvalue weighted by molar-refractivity contribution is 5.79. The number of furan rings is 1. The summed E-state index contributed by atoms with van der Waals surface area (Å²) in [6.45, 7) is 7.23. The zero-order valence-corrected chi connectivity index (χ0v) is 17.0. The Balaban J connectivity index is 1.43. The predicted octanol–water partition coefficient (Wildman–Crippen LogP) is 3.91. The van der Waals surface area contributed by atoms with Crippen LogP contribution in [0.15, 0.2) is 62.8 Å². The summed E-state index contributed by atoms with van der Waals surface area (Å²) < 4.78 is 16.4. The molecule has 2 heterocycles. The van der Waals surface area contributed by atoms with Crippen LogP contribution in [0.5, 0.6) is 0 Å². The van der Waals surface area contributed by atoms with Gasteiger partial charge in [-0.05, 0) is 44.5 Å². The van der Waals surface area contributed by atoms with Crippen molar-refractivity contribution in [3.05, 3.63) is 65.9 Å². The van der Waals surface area contributed by atoms with E-state index in [4.69, 9.17) is 13.6 Å². The number of rotatable bonds is 10. The lowest BCUT2D eigenvalue weighted by Gasteiger charge is -2.10. The molecule has 0 aliphatic heterocycles. The maximum atomic E-state index is 5.59. The number of nitrogens with one attached hydrogen (secondary N) is 2. The van der Waals surface area contributed by atoms with E-state index in [1.165, 1.54) is 5.56 Å². The van der Waals surface area contributed by atoms with Gasteiger partial charge in [0, 0.05) is 25.3 Å². The van der Waals surface area contributed by atoms with Crippen molar-refractivity contribution in [1.29, 1.82) is 0 Å². The third-order valence-electron chi connectivity index (χ3n) is 4.18. The van der Waals surface area contributed by atoms with E-state index in [9.17, 15) is 0 Å². The molecule has 0 bridgehead atoms. The highest BCUT2D eigenvalue weighted by Crippen LogP contribution is 2.19. The summed E-state index contributed by atoms with van der Waals surface area (Å²) in [5, 5.41) is 6.54. The fourth-order valence-corrected chi connectivity index (χ4v) is 2.66. The Morgan fingerprint density at radius 2 is 2.00 bits per heavy atom. The minimum absolute atomic E-state index is 0.444. The van der Waals surface area contributed by atoms with E-state index < -0.39 is 0 Å². The number of aromatic nitrogens is 1. The summed E-state index contributed by atoms with van der Waals surface area (Å²) in [6, 6.07) is 11.9. The van der Waals surface area contributed by atoms with Gasteiger partial charge in [0.05, 0.1) is 12.8 Å². The fraction of sp³-hybridized carbons (Fsp3) is 0.364. The molecule has 0 saturated heterocycles. The van der Waals surface area contributed by atoms with Crippen LogP contribution in [0.4, 0.5) is 0 Å². The number of oxazole rings is 1. The number of guanidine groups is 1. The molecule has 0 amide bonds. The van der Waals surface area contributed by atoms with Crippen LogP contribution >= 0.6 is 0 Å². The third-order valence-corrected chi connectivity index (χ3v) is 4.18. The lowest BCUT2D eigenvalue weighted by Crippen LogP contribution is -2.38. The Labute approximate surface area is 171 Å². The van der Waals surface area contributed by atoms with E-state index >= 15 is 0 Å². The molecule has 29 heavy (non-hydrogen) atoms. The van der Waals surface area contributed by atoms with Gasteiger partial charge in [0.2, 0.25) is 5.89 Å². The lowest BCUT2D eigenvalue weighted by atomic mass is 10.1. The van der Waals surface area contributed by atoms with Gasteiger partial charge < -0.3 is 24.2 Å². The van der Waals surface area contributed by atoms with E-state index in [0.29, 0.717) is 25.6 Å². The Morgan fingerprint density at radius 1 is 1.14 bits per heavy atom. The SMILES string of the molecule is CCNC(=NCc1coc(-c2ccc(C)cc2)n1)NCCCOCc1ccco1. The summed E-state index contributed by atoms with van der Waals surface area (Å²) >= 11 is 0. The van der Waals surface area contributed by atoms with E-state index in [1.807, 2.05) is 43.3 Å². The first-order valence-electron chi connectivity index (χ1n) is 9.88. The number of benzene rings is 1. The summed E-state index contributed by atoms with van der Waals surface area (Å²) in [6.07, 6.45) is 4.18. The molecule has 1 aromatic carbocycles. The van der Waals surface area contributed by atoms with Crippen molar-refractivity contribution < 1.29 is 13.6 Å². The topological polar surface area (TPSA) is 84.8 Å². The van der Waals surface area contributed by atoms with Gasteiger partial charge >= 0.3 is 0 Å². The molecule has 0 aliphatic carbocycles. The standard InChI is InChI=1S/C22H28N4O3/c1-3-23-22(24-11-5-12-27-16-20-6-4-13-28-20)25-14-19-15-29-21(26-19)18-9-7-17(2)8-10-18/h4,6-10,13,15H,3,5,11-12,14,16H2,1-2H3,(H2,23,24,25). The Kier molecular flexibility index (Phi) is 7.89. The molecule has 2 aromatic heterocycles. The van der Waals surface area contributed by atoms with Gasteiger partial charge in [-0.3, -0.25) is 0 Å². The molecule has 0 spiro atoms. The molecule has 0 atom stereocenters. The van der Waals surface area contributed by atoms with Gasteiger partial charge in [-0.2, -0.15) is 0 Å². The van der Waals surface area contributed by atoms with Crippen LogP contribution < -0.4 is 10.6 Å². The monoisotopic (exact) mass is 396 g/mol. The Bertz CT molecular complexity index is 870. The second-order valence-corrected chi connectivity index (χ2v) is 6.62. The van der Waals surface area contributed by atoms with Crippen LogP contribution in [0.1, 0.15) is 30.4 Å². The van der Waals surface area contributed by atoms with Crippen molar-refractivity contribution >= 4 is 5.96 Å². The van der Waals surface area contributed by atoms with E-state index in [2.05, 4.69) is 27.5 Å². The molecular weight excluding hydrogens is 368 g/mol. The average molecular weight is 396 g/mol. The van der Waals surface area contributed by atoms with Crippen LogP contribution in [0.2, 0.25) is 0 Å². The maximum absolute atomic E-state index is 5.59. The molecule has 2 N–H and O–H groups in total. The van der Waals surface area contributed by atoms with Gasteiger partial charge in [-0.1, -0.05) is 17.7 Å². The van der Waals surface area contributed by atoms with Crippen molar-refractivity contribution in [2.24, 2.45) is 4.99 Å². The molecular formula is C22H28N4O3. The quantitative estimate of drug-likeness (QED) is 0.307. The fourth-order valence-electron chi connectivity index (χ4n) is 2.66. The smallest absolute Gasteiger partial charge is 0.226 e. The average Bonchev–Trinajstić information content (AvgIpc) is 3.41. The van der Waals surface area contributed by atoms with Gasteiger partial charge in [-0.25, -0.2) is 9.98 Å². The van der Waals surface area contributed by atoms with E-state index in [1.54, 1.807) is 12.5 Å². The second kappa shape index (κ2) is 11.1. The molecule has 3 aromatic rings. The minimum Gasteiger partial charge on any atom is -0.467 e. The van der Waals surface area contributed by atoms with E-state index in [0.717, 1.165) is 42.5 Å². The first-order chi connectivity index (χ1) is 14.2. The van der Waals surface area contributed by atoms with Crippen molar-refractivity contribution in [3.63, 3.8) is 0 Å². The summed E-state index contributed by atoms with van der Waals surface area (Å²) in [5.74, 6) is 2.20. The van der Waals surface area contributed by atoms with Crippen molar-refractivity contribution in [3.8, 4) is 11.5 Å². The molecule has 0 radical (unpaired) electrons. The zero-order chi connectivity index (χ0) is 20.3. The number of aliphatic imine (C=N–C) groups is 1. The largest absolute Gasteiger partial charge is 0.467 e. The summed E-state index contributed by atoms with van der Waals surface area (Å²) in [7, 11) is 0. The lowest BCUT2D eigenvalue weighted by molar-refractivity contribution is 0.105. The Morgan fingerprint density at radius 3 is 2.76 bits per heavy atom. The highest BCUT2D eigenvalue weighted by Gasteiger charge is 2.07. The number of hydrogen-bond acceptors (Lipinski definition) is 5. The summed E-state index contributed by atoms with van der Waals surface area (Å²) in [5.41, 5.74) is 2.96. The predicted molar refractivity (Wildman–Crippen MR) is 112 cm³/mol. The normalized spacial score (nSPS) is 11.6. The van der Waals surface area contributed by atoms with Gasteiger partial charge in [-0.15, -0.1) is 0 Å². The molecule has 7 nitrogen and oxygen atoms in total. The van der Waals surface area contributed by atoms with Crippen LogP contribution in [0.25, 0.3) is 11.5 Å². The molecule has 0 fully saturated rings. The molecule has 154 valence electrons. The minimum atomic E-state index is 0.444. The number of nitrogens with zero attached hydrogens (tertiary/aromatic N) is 2. The van der Waals surface area contributed by atoms with Crippen molar-refractivity contribution in [2.45, 2.75) is 33.4 Å². The van der Waals surface area contributed by atoms with Gasteiger partial charge in [0.1, 0.15) is 24.3 Å². The Hall–Kier alpha value is -3.06. The van der Waals surface area contributed by atoms with Crippen molar-refractivity contribution in [2.75, 3.05) is 19.7 Å². The summed E-state index contributed by atoms with van der Waals surface area (Å²) in [4.78, 5) is 9.11. The van der Waals surface area contributed by atoms with Gasteiger partial charge in [0.15, 0.2) is 5.96 Å². The van der Waals surface area contributed by atoms with E-state index in [-0.39, 0.29) is 0 Å². The van der Waals surface area contributed by atoms with Crippen LogP contribution in [0, 0.1) is 6.92 Å². The van der Waals surface area contributed by atoms with Crippen LogP contribution in [-0.4, -0.2) is 30.6 Å². The maximum Gasteiger partial charge on any atom is 0.226 e. The van der Waals surface area contributed by atoms with Crippen molar-refractivity contribution in [1.82, 2.24) is 15.6 Å². The molecule has 3 rings (SSSR count). The molecule has 0 aliphatic rings. The second-order valence-electron chi connectivity index (χ2n) is 6.62. The third kappa shape index (κ3) is 6.80. The molecule has 7 heteroatoms.